The van der Waals surface area contributed by atoms with Gasteiger partial charge in [0.05, 0.1) is 12.2 Å². The first-order chi connectivity index (χ1) is 12.5. The van der Waals surface area contributed by atoms with Gasteiger partial charge in [0.1, 0.15) is 5.58 Å². The Hall–Kier alpha value is -2.06. The molecular formula is C19H20BNO4S. The molecule has 0 aliphatic rings. The molecule has 0 amide bonds. The van der Waals surface area contributed by atoms with Crippen molar-refractivity contribution in [2.24, 2.45) is 0 Å². The Bertz CT molecular complexity index is 896. The summed E-state index contributed by atoms with van der Waals surface area (Å²) in [5.41, 5.74) is 3.37. The van der Waals surface area contributed by atoms with E-state index in [1.807, 2.05) is 42.5 Å². The summed E-state index contributed by atoms with van der Waals surface area (Å²) in [6.07, 6.45) is 2.08. The Balaban J connectivity index is 1.62. The average Bonchev–Trinajstić information content (AvgIpc) is 3.04. The van der Waals surface area contributed by atoms with Crippen LogP contribution in [0.5, 0.6) is 0 Å². The van der Waals surface area contributed by atoms with Crippen molar-refractivity contribution in [1.82, 2.24) is 4.72 Å². The molecule has 0 bridgehead atoms. The first-order valence-electron chi connectivity index (χ1n) is 8.33. The van der Waals surface area contributed by atoms with Gasteiger partial charge in [-0.2, -0.15) is 0 Å². The topological polar surface area (TPSA) is 82.7 Å². The molecule has 0 aliphatic carbocycles. The van der Waals surface area contributed by atoms with Crippen LogP contribution in [0.15, 0.2) is 59.2 Å². The molecule has 0 saturated carbocycles. The highest BCUT2D eigenvalue weighted by molar-refractivity contribution is 7.96. The summed E-state index contributed by atoms with van der Waals surface area (Å²) in [7, 11) is -1.50. The van der Waals surface area contributed by atoms with Crippen LogP contribution in [-0.2, 0) is 12.2 Å². The van der Waals surface area contributed by atoms with Gasteiger partial charge in [-0.25, -0.2) is 0 Å². The molecule has 3 aromatic rings. The number of carbonyl (C=O) groups is 1. The molecule has 0 unspecified atom stereocenters. The van der Waals surface area contributed by atoms with Crippen molar-refractivity contribution in [2.75, 3.05) is 0 Å². The number of hydrogen-bond acceptors (Lipinski definition) is 6. The lowest BCUT2D eigenvalue weighted by Gasteiger charge is -2.16. The maximum Gasteiger partial charge on any atom is 0.470 e. The molecule has 1 atom stereocenters. The third-order valence-corrected chi connectivity index (χ3v) is 5.12. The van der Waals surface area contributed by atoms with E-state index in [-0.39, 0.29) is 5.78 Å². The molecule has 7 heteroatoms. The van der Waals surface area contributed by atoms with Crippen molar-refractivity contribution in [3.05, 3.63) is 71.5 Å². The van der Waals surface area contributed by atoms with Crippen LogP contribution in [0, 0.1) is 0 Å². The van der Waals surface area contributed by atoms with Gasteiger partial charge in [-0.15, -0.1) is 0 Å². The third-order valence-electron chi connectivity index (χ3n) is 4.17. The van der Waals surface area contributed by atoms with Gasteiger partial charge in [0.2, 0.25) is 0 Å². The standard InChI is InChI=1S/C19H20BNO4S/c1-13(22)15-6-4-5-14(9-15)12-26-21-19(20(23)24)10-16-11-25-18-8-3-2-7-17(16)18/h2-9,11,19,21,23-24H,10,12H2,1H3/t19-/m0/s1. The monoisotopic (exact) mass is 369 g/mol. The van der Waals surface area contributed by atoms with Crippen molar-refractivity contribution in [3.8, 4) is 0 Å². The number of nitrogens with one attached hydrogen (secondary N) is 1. The fraction of sp³-hybridized carbons (Fsp3) is 0.211. The van der Waals surface area contributed by atoms with E-state index in [9.17, 15) is 14.8 Å². The fourth-order valence-electron chi connectivity index (χ4n) is 2.75. The van der Waals surface area contributed by atoms with Gasteiger partial charge in [-0.1, -0.05) is 48.3 Å². The minimum Gasteiger partial charge on any atom is -0.464 e. The number of benzene rings is 2. The van der Waals surface area contributed by atoms with Crippen LogP contribution in [0.2, 0.25) is 0 Å². The van der Waals surface area contributed by atoms with E-state index in [1.54, 1.807) is 12.3 Å². The van der Waals surface area contributed by atoms with Gasteiger partial charge in [-0.3, -0.25) is 9.52 Å². The van der Waals surface area contributed by atoms with Crippen LogP contribution in [0.25, 0.3) is 11.0 Å². The summed E-state index contributed by atoms with van der Waals surface area (Å²) in [5, 5.41) is 20.4. The minimum absolute atomic E-state index is 0.0281. The second-order valence-corrected chi connectivity index (χ2v) is 6.96. The van der Waals surface area contributed by atoms with Gasteiger partial charge in [0, 0.05) is 16.7 Å². The molecule has 5 nitrogen and oxygen atoms in total. The molecule has 134 valence electrons. The minimum atomic E-state index is -1.50. The lowest BCUT2D eigenvalue weighted by Crippen LogP contribution is -2.42. The van der Waals surface area contributed by atoms with E-state index in [2.05, 4.69) is 4.72 Å². The van der Waals surface area contributed by atoms with E-state index in [0.29, 0.717) is 17.7 Å². The zero-order valence-electron chi connectivity index (χ0n) is 14.4. The maximum atomic E-state index is 11.5. The van der Waals surface area contributed by atoms with Crippen LogP contribution in [0.1, 0.15) is 28.4 Å². The highest BCUT2D eigenvalue weighted by Crippen LogP contribution is 2.23. The number of rotatable bonds is 8. The maximum absolute atomic E-state index is 11.5. The van der Waals surface area contributed by atoms with Crippen molar-refractivity contribution in [2.45, 2.75) is 25.0 Å². The van der Waals surface area contributed by atoms with Gasteiger partial charge in [0.25, 0.3) is 0 Å². The number of para-hydroxylation sites is 1. The highest BCUT2D eigenvalue weighted by atomic mass is 32.2. The molecule has 0 saturated heterocycles. The van der Waals surface area contributed by atoms with Gasteiger partial charge >= 0.3 is 7.12 Å². The predicted molar refractivity (Wildman–Crippen MR) is 105 cm³/mol. The number of hydrogen-bond donors (Lipinski definition) is 3. The number of furan rings is 1. The third kappa shape index (κ3) is 4.56. The van der Waals surface area contributed by atoms with Crippen molar-refractivity contribution < 1.29 is 19.3 Å². The molecule has 26 heavy (non-hydrogen) atoms. The predicted octanol–water partition coefficient (Wildman–Crippen LogP) is 3.00. The number of carbonyl (C=O) groups excluding carboxylic acids is 1. The first kappa shape index (κ1) is 18.7. The molecule has 0 radical (unpaired) electrons. The summed E-state index contributed by atoms with van der Waals surface area (Å²) in [4.78, 5) is 11.5. The van der Waals surface area contributed by atoms with E-state index in [4.69, 9.17) is 4.42 Å². The second kappa shape index (κ2) is 8.55. The van der Waals surface area contributed by atoms with E-state index < -0.39 is 13.1 Å². The van der Waals surface area contributed by atoms with Crippen LogP contribution in [-0.4, -0.2) is 28.9 Å². The molecule has 0 spiro atoms. The van der Waals surface area contributed by atoms with Crippen LogP contribution in [0.4, 0.5) is 0 Å². The Morgan fingerprint density at radius 3 is 2.81 bits per heavy atom. The first-order valence-corrected chi connectivity index (χ1v) is 9.31. The normalized spacial score (nSPS) is 12.3. The summed E-state index contributed by atoms with van der Waals surface area (Å²) in [6, 6.07) is 15.1. The molecule has 0 aliphatic heterocycles. The van der Waals surface area contributed by atoms with Gasteiger partial charge < -0.3 is 14.5 Å². The molecule has 3 N–H and O–H groups in total. The molecule has 1 heterocycles. The molecule has 0 fully saturated rings. The Morgan fingerprint density at radius 2 is 2.04 bits per heavy atom. The summed E-state index contributed by atoms with van der Waals surface area (Å²) < 4.78 is 8.62. The van der Waals surface area contributed by atoms with E-state index in [1.165, 1.54) is 18.9 Å². The largest absolute Gasteiger partial charge is 0.470 e. The van der Waals surface area contributed by atoms with Crippen LogP contribution >= 0.6 is 11.9 Å². The zero-order valence-corrected chi connectivity index (χ0v) is 15.2. The van der Waals surface area contributed by atoms with Gasteiger partial charge in [0.15, 0.2) is 5.78 Å². The summed E-state index contributed by atoms with van der Waals surface area (Å²) >= 11 is 1.38. The Kier molecular flexibility index (Phi) is 6.16. The smallest absolute Gasteiger partial charge is 0.464 e. The number of ketones is 1. The van der Waals surface area contributed by atoms with Crippen LogP contribution in [0.3, 0.4) is 0 Å². The van der Waals surface area contributed by atoms with Crippen molar-refractivity contribution >= 4 is 35.8 Å². The van der Waals surface area contributed by atoms with Gasteiger partial charge in [-0.05, 0) is 36.6 Å². The summed E-state index contributed by atoms with van der Waals surface area (Å²) in [6.45, 7) is 1.54. The lowest BCUT2D eigenvalue weighted by atomic mass is 9.77. The molecule has 1 aromatic heterocycles. The van der Waals surface area contributed by atoms with Crippen LogP contribution < -0.4 is 4.72 Å². The SMILES string of the molecule is CC(=O)c1cccc(CSN[C@@H](Cc2coc3ccccc23)B(O)O)c1. The summed E-state index contributed by atoms with van der Waals surface area (Å²) in [5.74, 6) is 0.0912. The van der Waals surface area contributed by atoms with E-state index in [0.717, 1.165) is 22.1 Å². The Labute approximate surface area is 156 Å². The number of fused-ring (bicyclic) bond motifs is 1. The molecule has 3 rings (SSSR count). The van der Waals surface area contributed by atoms with Crippen molar-refractivity contribution in [3.63, 3.8) is 0 Å². The quantitative estimate of drug-likeness (QED) is 0.322. The average molecular weight is 369 g/mol. The van der Waals surface area contributed by atoms with E-state index >= 15 is 0 Å². The number of Topliss-reactive ketones (excluding diaryl/α,β-unsaturated/α-hetero) is 1. The molecular weight excluding hydrogens is 349 g/mol. The highest BCUT2D eigenvalue weighted by Gasteiger charge is 2.25. The fourth-order valence-corrected chi connectivity index (χ4v) is 3.60. The lowest BCUT2D eigenvalue weighted by molar-refractivity contribution is 0.101. The van der Waals surface area contributed by atoms with Crippen molar-refractivity contribution in [1.29, 1.82) is 0 Å². The molecule has 2 aromatic carbocycles. The Morgan fingerprint density at radius 1 is 1.23 bits per heavy atom. The zero-order chi connectivity index (χ0) is 18.5. The second-order valence-electron chi connectivity index (χ2n) is 6.14.